The van der Waals surface area contributed by atoms with Gasteiger partial charge in [0, 0.05) is 0 Å². The lowest BCUT2D eigenvalue weighted by molar-refractivity contribution is 0.267. The standard InChI is InChI=1S/C14H28N2/c1-5-8-16(9-6-2)10-7-14(12-15)11-13(3)4/h1,13-14H,6-12,15H2,2-4H3. The van der Waals surface area contributed by atoms with Crippen molar-refractivity contribution in [3.8, 4) is 12.3 Å². The number of hydrogen-bond donors (Lipinski definition) is 1. The van der Waals surface area contributed by atoms with Gasteiger partial charge in [-0.1, -0.05) is 26.7 Å². The number of hydrogen-bond acceptors (Lipinski definition) is 2. The van der Waals surface area contributed by atoms with E-state index in [2.05, 4.69) is 31.6 Å². The van der Waals surface area contributed by atoms with Crippen molar-refractivity contribution < 1.29 is 0 Å². The van der Waals surface area contributed by atoms with Crippen molar-refractivity contribution >= 4 is 0 Å². The van der Waals surface area contributed by atoms with Crippen LogP contribution in [0.5, 0.6) is 0 Å². The molecule has 0 saturated heterocycles. The van der Waals surface area contributed by atoms with E-state index in [0.717, 1.165) is 32.1 Å². The SMILES string of the molecule is C#CCN(CCC)CCC(CN)CC(C)C. The van der Waals surface area contributed by atoms with Crippen molar-refractivity contribution in [2.45, 2.75) is 40.0 Å². The van der Waals surface area contributed by atoms with Crippen LogP contribution in [-0.2, 0) is 0 Å². The Labute approximate surface area is 102 Å². The van der Waals surface area contributed by atoms with Crippen molar-refractivity contribution in [2.24, 2.45) is 17.6 Å². The maximum atomic E-state index is 5.80. The van der Waals surface area contributed by atoms with Gasteiger partial charge in [-0.15, -0.1) is 6.42 Å². The molecule has 0 aromatic rings. The summed E-state index contributed by atoms with van der Waals surface area (Å²) in [5.74, 6) is 4.12. The number of terminal acetylenes is 1. The summed E-state index contributed by atoms with van der Waals surface area (Å²) in [6.07, 6.45) is 8.93. The Morgan fingerprint density at radius 2 is 2.00 bits per heavy atom. The molecule has 0 heterocycles. The van der Waals surface area contributed by atoms with Gasteiger partial charge < -0.3 is 5.73 Å². The Bertz CT molecular complexity index is 193. The van der Waals surface area contributed by atoms with Crippen LogP contribution in [0.25, 0.3) is 0 Å². The minimum atomic E-state index is 0.650. The molecule has 0 amide bonds. The first-order valence-electron chi connectivity index (χ1n) is 6.49. The molecule has 0 aromatic heterocycles. The van der Waals surface area contributed by atoms with Crippen LogP contribution in [0.1, 0.15) is 40.0 Å². The van der Waals surface area contributed by atoms with Crippen LogP contribution in [0.4, 0.5) is 0 Å². The highest BCUT2D eigenvalue weighted by atomic mass is 15.1. The van der Waals surface area contributed by atoms with E-state index in [1.54, 1.807) is 0 Å². The summed E-state index contributed by atoms with van der Waals surface area (Å²) >= 11 is 0. The molecule has 0 aromatic carbocycles. The van der Waals surface area contributed by atoms with Gasteiger partial charge >= 0.3 is 0 Å². The zero-order chi connectivity index (χ0) is 12.4. The highest BCUT2D eigenvalue weighted by Gasteiger charge is 2.11. The largest absolute Gasteiger partial charge is 0.330 e. The van der Waals surface area contributed by atoms with Gasteiger partial charge in [0.25, 0.3) is 0 Å². The van der Waals surface area contributed by atoms with E-state index in [0.29, 0.717) is 5.92 Å². The van der Waals surface area contributed by atoms with Gasteiger partial charge in [0.1, 0.15) is 0 Å². The third-order valence-corrected chi connectivity index (χ3v) is 2.85. The molecule has 0 saturated carbocycles. The molecule has 2 nitrogen and oxygen atoms in total. The second kappa shape index (κ2) is 9.69. The van der Waals surface area contributed by atoms with Gasteiger partial charge in [0.05, 0.1) is 6.54 Å². The van der Waals surface area contributed by atoms with E-state index in [9.17, 15) is 0 Å². The average molecular weight is 224 g/mol. The fraction of sp³-hybridized carbons (Fsp3) is 0.857. The van der Waals surface area contributed by atoms with E-state index < -0.39 is 0 Å². The molecule has 1 atom stereocenters. The van der Waals surface area contributed by atoms with Crippen LogP contribution < -0.4 is 5.73 Å². The molecular formula is C14H28N2. The van der Waals surface area contributed by atoms with Crippen molar-refractivity contribution in [3.63, 3.8) is 0 Å². The molecule has 0 bridgehead atoms. The fourth-order valence-electron chi connectivity index (χ4n) is 2.08. The Kier molecular flexibility index (Phi) is 9.37. The van der Waals surface area contributed by atoms with Crippen molar-refractivity contribution in [2.75, 3.05) is 26.2 Å². The van der Waals surface area contributed by atoms with Crippen molar-refractivity contribution in [1.82, 2.24) is 4.90 Å². The first kappa shape index (κ1) is 15.5. The quantitative estimate of drug-likeness (QED) is 0.609. The van der Waals surface area contributed by atoms with Crippen LogP contribution in [0.2, 0.25) is 0 Å². The highest BCUT2D eigenvalue weighted by molar-refractivity contribution is 4.88. The second-order valence-electron chi connectivity index (χ2n) is 5.00. The Balaban J connectivity index is 3.91. The molecule has 94 valence electrons. The molecule has 2 N–H and O–H groups in total. The molecule has 0 rings (SSSR count). The molecular weight excluding hydrogens is 196 g/mol. The smallest absolute Gasteiger partial charge is 0.0598 e. The fourth-order valence-corrected chi connectivity index (χ4v) is 2.08. The molecule has 16 heavy (non-hydrogen) atoms. The van der Waals surface area contributed by atoms with E-state index in [-0.39, 0.29) is 0 Å². The molecule has 2 heteroatoms. The van der Waals surface area contributed by atoms with Gasteiger partial charge in [0.2, 0.25) is 0 Å². The predicted molar refractivity (Wildman–Crippen MR) is 72.2 cm³/mol. The number of nitrogens with zero attached hydrogens (tertiary/aromatic N) is 1. The zero-order valence-electron chi connectivity index (χ0n) is 11.2. The number of nitrogens with two attached hydrogens (primary N) is 1. The molecule has 0 aliphatic carbocycles. The minimum Gasteiger partial charge on any atom is -0.330 e. The Morgan fingerprint density at radius 1 is 1.31 bits per heavy atom. The van der Waals surface area contributed by atoms with Gasteiger partial charge in [-0.05, 0) is 50.7 Å². The third-order valence-electron chi connectivity index (χ3n) is 2.85. The summed E-state index contributed by atoms with van der Waals surface area (Å²) in [7, 11) is 0. The molecule has 0 spiro atoms. The average Bonchev–Trinajstić information content (AvgIpc) is 2.24. The Hall–Kier alpha value is -0.520. The summed E-state index contributed by atoms with van der Waals surface area (Å²) in [4.78, 5) is 2.35. The topological polar surface area (TPSA) is 29.3 Å². The summed E-state index contributed by atoms with van der Waals surface area (Å²) in [5.41, 5.74) is 5.80. The molecule has 0 radical (unpaired) electrons. The van der Waals surface area contributed by atoms with E-state index >= 15 is 0 Å². The van der Waals surface area contributed by atoms with Crippen LogP contribution >= 0.6 is 0 Å². The van der Waals surface area contributed by atoms with E-state index in [1.807, 2.05) is 0 Å². The van der Waals surface area contributed by atoms with Gasteiger partial charge in [-0.3, -0.25) is 4.90 Å². The lowest BCUT2D eigenvalue weighted by Gasteiger charge is -2.23. The summed E-state index contributed by atoms with van der Waals surface area (Å²) in [6.45, 7) is 10.5. The molecule has 0 fully saturated rings. The summed E-state index contributed by atoms with van der Waals surface area (Å²) in [5, 5.41) is 0. The van der Waals surface area contributed by atoms with Crippen LogP contribution in [0, 0.1) is 24.2 Å². The van der Waals surface area contributed by atoms with E-state index in [1.165, 1.54) is 19.3 Å². The maximum absolute atomic E-state index is 5.80. The first-order valence-corrected chi connectivity index (χ1v) is 6.49. The summed E-state index contributed by atoms with van der Waals surface area (Å²) in [6, 6.07) is 0. The van der Waals surface area contributed by atoms with Gasteiger partial charge in [-0.2, -0.15) is 0 Å². The maximum Gasteiger partial charge on any atom is 0.0598 e. The van der Waals surface area contributed by atoms with Crippen molar-refractivity contribution in [3.05, 3.63) is 0 Å². The van der Waals surface area contributed by atoms with Crippen molar-refractivity contribution in [1.29, 1.82) is 0 Å². The molecule has 0 aliphatic heterocycles. The molecule has 1 unspecified atom stereocenters. The van der Waals surface area contributed by atoms with Gasteiger partial charge in [0.15, 0.2) is 0 Å². The Morgan fingerprint density at radius 3 is 2.44 bits per heavy atom. The monoisotopic (exact) mass is 224 g/mol. The lowest BCUT2D eigenvalue weighted by atomic mass is 9.94. The second-order valence-corrected chi connectivity index (χ2v) is 5.00. The van der Waals surface area contributed by atoms with E-state index in [4.69, 9.17) is 12.2 Å². The summed E-state index contributed by atoms with van der Waals surface area (Å²) < 4.78 is 0. The van der Waals surface area contributed by atoms with Crippen LogP contribution in [-0.4, -0.2) is 31.1 Å². The molecule has 0 aliphatic rings. The van der Waals surface area contributed by atoms with Crippen LogP contribution in [0.3, 0.4) is 0 Å². The zero-order valence-corrected chi connectivity index (χ0v) is 11.2. The predicted octanol–water partition coefficient (Wildman–Crippen LogP) is 2.34. The van der Waals surface area contributed by atoms with Crippen LogP contribution in [0.15, 0.2) is 0 Å². The lowest BCUT2D eigenvalue weighted by Crippen LogP contribution is -2.29. The normalized spacial score (nSPS) is 13.1. The number of rotatable bonds is 9. The third kappa shape index (κ3) is 7.73. The highest BCUT2D eigenvalue weighted by Crippen LogP contribution is 2.14. The first-order chi connectivity index (χ1) is 7.63. The van der Waals surface area contributed by atoms with Gasteiger partial charge in [-0.25, -0.2) is 0 Å². The minimum absolute atomic E-state index is 0.650.